The first kappa shape index (κ1) is 14.0. The maximum Gasteiger partial charge on any atom is 0.273 e. The lowest BCUT2D eigenvalue weighted by Crippen LogP contribution is -2.18. The van der Waals surface area contributed by atoms with E-state index in [0.717, 1.165) is 17.3 Å². The van der Waals surface area contributed by atoms with Gasteiger partial charge in [0, 0.05) is 21.1 Å². The molecule has 1 heterocycles. The second-order valence-corrected chi connectivity index (χ2v) is 7.32. The molecule has 0 unspecified atom stereocenters. The monoisotopic (exact) mass is 376 g/mol. The smallest absolute Gasteiger partial charge is 0.273 e. The van der Waals surface area contributed by atoms with Crippen LogP contribution in [-0.2, 0) is 10.0 Å². The van der Waals surface area contributed by atoms with Gasteiger partial charge < -0.3 is 0 Å². The number of hydrogen-bond acceptors (Lipinski definition) is 4. The molecule has 1 aliphatic rings. The summed E-state index contributed by atoms with van der Waals surface area (Å²) in [6.45, 7) is 0. The molecule has 1 fully saturated rings. The zero-order valence-corrected chi connectivity index (χ0v) is 13.3. The average molecular weight is 378 g/mol. The summed E-state index contributed by atoms with van der Waals surface area (Å²) in [5.41, 5.74) is 0.687. The molecule has 0 radical (unpaired) electrons. The summed E-state index contributed by atoms with van der Waals surface area (Å²) in [5.74, 6) is 0.450. The number of halogens is 2. The van der Waals surface area contributed by atoms with Crippen LogP contribution in [0.2, 0.25) is 5.02 Å². The van der Waals surface area contributed by atoms with Gasteiger partial charge in [0.15, 0.2) is 5.82 Å². The maximum absolute atomic E-state index is 11.6. The summed E-state index contributed by atoms with van der Waals surface area (Å²) in [5, 5.41) is 13.2. The Morgan fingerprint density at radius 2 is 2.05 bits per heavy atom. The highest BCUT2D eigenvalue weighted by molar-refractivity contribution is 9.10. The van der Waals surface area contributed by atoms with Gasteiger partial charge in [-0.3, -0.25) is 4.57 Å². The zero-order valence-electron chi connectivity index (χ0n) is 10.1. The van der Waals surface area contributed by atoms with Gasteiger partial charge in [-0.2, -0.15) is 0 Å². The van der Waals surface area contributed by atoms with Crippen LogP contribution in [0, 0.1) is 0 Å². The summed E-state index contributed by atoms with van der Waals surface area (Å²) in [4.78, 5) is 0. The molecule has 1 aromatic carbocycles. The number of primary sulfonamides is 1. The number of nitrogens with zero attached hydrogens (tertiary/aromatic N) is 3. The Bertz CT molecular complexity index is 786. The Morgan fingerprint density at radius 3 is 2.65 bits per heavy atom. The fourth-order valence-corrected chi connectivity index (χ4v) is 3.25. The number of nitrogens with two attached hydrogens (primary N) is 1. The van der Waals surface area contributed by atoms with E-state index in [4.69, 9.17) is 16.7 Å². The van der Waals surface area contributed by atoms with Gasteiger partial charge in [-0.1, -0.05) is 27.5 Å². The van der Waals surface area contributed by atoms with Gasteiger partial charge in [-0.15, -0.1) is 10.2 Å². The molecule has 1 saturated carbocycles. The summed E-state index contributed by atoms with van der Waals surface area (Å²) in [6, 6.07) is 5.29. The predicted molar refractivity (Wildman–Crippen MR) is 77.8 cm³/mol. The van der Waals surface area contributed by atoms with E-state index in [-0.39, 0.29) is 11.2 Å². The molecule has 0 spiro atoms. The summed E-state index contributed by atoms with van der Waals surface area (Å²) >= 11 is 9.40. The molecule has 2 N–H and O–H groups in total. The van der Waals surface area contributed by atoms with Crippen molar-refractivity contribution in [1.82, 2.24) is 14.8 Å². The molecule has 9 heteroatoms. The second kappa shape index (κ2) is 4.80. The minimum absolute atomic E-state index is 0.0687. The van der Waals surface area contributed by atoms with E-state index in [1.807, 2.05) is 0 Å². The van der Waals surface area contributed by atoms with Gasteiger partial charge in [-0.05, 0) is 31.0 Å². The van der Waals surface area contributed by atoms with E-state index in [9.17, 15) is 8.42 Å². The SMILES string of the molecule is NS(=O)(=O)c1nnc(-c2cc(Cl)ccc2Br)n1C1CC1. The highest BCUT2D eigenvalue weighted by Gasteiger charge is 2.34. The van der Waals surface area contributed by atoms with Crippen LogP contribution in [0.1, 0.15) is 18.9 Å². The van der Waals surface area contributed by atoms with Gasteiger partial charge >= 0.3 is 0 Å². The molecule has 0 amide bonds. The van der Waals surface area contributed by atoms with E-state index in [0.29, 0.717) is 16.4 Å². The molecule has 0 bridgehead atoms. The van der Waals surface area contributed by atoms with Crippen molar-refractivity contribution in [3.05, 3.63) is 27.7 Å². The van der Waals surface area contributed by atoms with E-state index in [1.165, 1.54) is 0 Å². The molecule has 6 nitrogen and oxygen atoms in total. The van der Waals surface area contributed by atoms with Gasteiger partial charge in [0.1, 0.15) is 0 Å². The highest BCUT2D eigenvalue weighted by Crippen LogP contribution is 2.41. The van der Waals surface area contributed by atoms with Gasteiger partial charge in [0.05, 0.1) is 0 Å². The summed E-state index contributed by atoms with van der Waals surface area (Å²) in [7, 11) is -3.91. The number of rotatable bonds is 3. The molecule has 20 heavy (non-hydrogen) atoms. The molecular formula is C11H10BrClN4O2S. The molecular weight excluding hydrogens is 368 g/mol. The Morgan fingerprint density at radius 1 is 1.35 bits per heavy atom. The largest absolute Gasteiger partial charge is 0.294 e. The minimum Gasteiger partial charge on any atom is -0.294 e. The van der Waals surface area contributed by atoms with Crippen LogP contribution in [0.4, 0.5) is 0 Å². The third kappa shape index (κ3) is 2.48. The summed E-state index contributed by atoms with van der Waals surface area (Å²) in [6.07, 6.45) is 1.76. The fraction of sp³-hybridized carbons (Fsp3) is 0.273. The van der Waals surface area contributed by atoms with Crippen LogP contribution >= 0.6 is 27.5 Å². The Kier molecular flexibility index (Phi) is 3.36. The van der Waals surface area contributed by atoms with Gasteiger partial charge in [-0.25, -0.2) is 13.6 Å². The Hall–Kier alpha value is -0.960. The molecule has 106 valence electrons. The van der Waals surface area contributed by atoms with Crippen molar-refractivity contribution in [3.8, 4) is 11.4 Å². The lowest BCUT2D eigenvalue weighted by atomic mass is 10.2. The van der Waals surface area contributed by atoms with Gasteiger partial charge in [0.25, 0.3) is 15.2 Å². The van der Waals surface area contributed by atoms with Crippen molar-refractivity contribution in [2.24, 2.45) is 5.14 Å². The lowest BCUT2D eigenvalue weighted by Gasteiger charge is -2.09. The first-order chi connectivity index (χ1) is 9.38. The van der Waals surface area contributed by atoms with Crippen LogP contribution < -0.4 is 5.14 Å². The normalized spacial score (nSPS) is 15.6. The average Bonchev–Trinajstić information content (AvgIpc) is 3.09. The van der Waals surface area contributed by atoms with E-state index in [2.05, 4.69) is 26.1 Å². The topological polar surface area (TPSA) is 90.9 Å². The predicted octanol–water partition coefficient (Wildman–Crippen LogP) is 2.34. The van der Waals surface area contributed by atoms with E-state index in [1.54, 1.807) is 22.8 Å². The number of aromatic nitrogens is 3. The van der Waals surface area contributed by atoms with Crippen LogP contribution in [-0.4, -0.2) is 23.2 Å². The van der Waals surface area contributed by atoms with Crippen LogP contribution in [0.5, 0.6) is 0 Å². The molecule has 1 aromatic heterocycles. The first-order valence-corrected chi connectivity index (χ1v) is 8.53. The van der Waals surface area contributed by atoms with Crippen molar-refractivity contribution in [2.75, 3.05) is 0 Å². The number of hydrogen-bond donors (Lipinski definition) is 1. The Labute approximate surface area is 129 Å². The number of benzene rings is 1. The zero-order chi connectivity index (χ0) is 14.5. The Balaban J connectivity index is 2.25. The maximum atomic E-state index is 11.6. The van der Waals surface area contributed by atoms with Crippen molar-refractivity contribution in [2.45, 2.75) is 24.0 Å². The molecule has 2 aromatic rings. The van der Waals surface area contributed by atoms with Crippen LogP contribution in [0.3, 0.4) is 0 Å². The molecule has 0 aliphatic heterocycles. The summed E-state index contributed by atoms with van der Waals surface area (Å²) < 4.78 is 25.5. The third-order valence-electron chi connectivity index (χ3n) is 3.00. The first-order valence-electron chi connectivity index (χ1n) is 5.81. The highest BCUT2D eigenvalue weighted by atomic mass is 79.9. The molecule has 0 atom stereocenters. The van der Waals surface area contributed by atoms with Crippen molar-refractivity contribution < 1.29 is 8.42 Å². The number of sulfonamides is 1. The van der Waals surface area contributed by atoms with Crippen molar-refractivity contribution >= 4 is 37.6 Å². The van der Waals surface area contributed by atoms with Crippen LogP contribution in [0.25, 0.3) is 11.4 Å². The third-order valence-corrected chi connectivity index (χ3v) is 4.71. The van der Waals surface area contributed by atoms with Gasteiger partial charge in [0.2, 0.25) is 0 Å². The minimum atomic E-state index is -3.91. The quantitative estimate of drug-likeness (QED) is 0.889. The fourth-order valence-electron chi connectivity index (χ4n) is 1.99. The second-order valence-electron chi connectivity index (χ2n) is 4.58. The molecule has 0 saturated heterocycles. The molecule has 3 rings (SSSR count). The standard InChI is InChI=1S/C11H10BrClN4O2S/c12-9-4-1-6(13)5-8(9)10-15-16-11(20(14,18)19)17(10)7-2-3-7/h1,4-5,7H,2-3H2,(H2,14,18,19). The molecule has 1 aliphatic carbocycles. The van der Waals surface area contributed by atoms with Crippen LogP contribution in [0.15, 0.2) is 27.8 Å². The van der Waals surface area contributed by atoms with Crippen molar-refractivity contribution in [1.29, 1.82) is 0 Å². The van der Waals surface area contributed by atoms with E-state index >= 15 is 0 Å². The van der Waals surface area contributed by atoms with Crippen molar-refractivity contribution in [3.63, 3.8) is 0 Å². The van der Waals surface area contributed by atoms with E-state index < -0.39 is 10.0 Å². The lowest BCUT2D eigenvalue weighted by molar-refractivity contribution is 0.567.